The molecule has 2 aromatic heterocycles. The smallest absolute Gasteiger partial charge is 0.263 e. The molecule has 1 amide bonds. The number of thioether (sulfide) groups is 1. The van der Waals surface area contributed by atoms with Gasteiger partial charge in [-0.3, -0.25) is 9.52 Å². The van der Waals surface area contributed by atoms with Gasteiger partial charge in [-0.05, 0) is 43.3 Å². The van der Waals surface area contributed by atoms with Crippen LogP contribution in [0.5, 0.6) is 0 Å². The lowest BCUT2D eigenvalue weighted by molar-refractivity contribution is -0.113. The summed E-state index contributed by atoms with van der Waals surface area (Å²) in [6.07, 6.45) is 0. The number of fused-ring (bicyclic) bond motifs is 1. The number of thiazole rings is 2. The monoisotopic (exact) mass is 552 g/mol. The minimum Gasteiger partial charge on any atom is -0.325 e. The first kappa shape index (κ1) is 24.4. The molecule has 2 heterocycles. The molecule has 0 aliphatic carbocycles. The number of rotatable bonds is 8. The van der Waals surface area contributed by atoms with Crippen molar-refractivity contribution in [2.24, 2.45) is 0 Å². The van der Waals surface area contributed by atoms with Gasteiger partial charge in [0.2, 0.25) is 5.91 Å². The Labute approximate surface area is 220 Å². The third-order valence-corrected chi connectivity index (χ3v) is 9.54. The topological polar surface area (TPSA) is 101 Å². The number of aryl methyl sites for hydroxylation is 1. The van der Waals surface area contributed by atoms with E-state index in [1.165, 1.54) is 35.2 Å². The van der Waals surface area contributed by atoms with Crippen molar-refractivity contribution >= 4 is 71.4 Å². The van der Waals surface area contributed by atoms with E-state index in [9.17, 15) is 13.2 Å². The third-order valence-electron chi connectivity index (χ3n) is 5.12. The maximum absolute atomic E-state index is 12.8. The van der Waals surface area contributed by atoms with E-state index in [0.29, 0.717) is 11.4 Å². The van der Waals surface area contributed by atoms with Gasteiger partial charge in [0.15, 0.2) is 9.47 Å². The number of nitrogens with one attached hydrogen (secondary N) is 2. The normalized spacial score (nSPS) is 11.5. The molecule has 5 aromatic rings. The van der Waals surface area contributed by atoms with Crippen molar-refractivity contribution < 1.29 is 13.2 Å². The largest absolute Gasteiger partial charge is 0.325 e. The van der Waals surface area contributed by atoms with E-state index < -0.39 is 10.0 Å². The van der Waals surface area contributed by atoms with Crippen LogP contribution in [0.1, 0.15) is 5.56 Å². The Morgan fingerprint density at radius 1 is 0.972 bits per heavy atom. The molecule has 0 fully saturated rings. The molecule has 0 unspecified atom stereocenters. The van der Waals surface area contributed by atoms with Crippen molar-refractivity contribution in [2.45, 2.75) is 16.2 Å². The summed E-state index contributed by atoms with van der Waals surface area (Å²) >= 11 is 4.13. The molecule has 11 heteroatoms. The fourth-order valence-electron chi connectivity index (χ4n) is 3.31. The highest BCUT2D eigenvalue weighted by Gasteiger charge is 2.17. The highest BCUT2D eigenvalue weighted by atomic mass is 32.2. The van der Waals surface area contributed by atoms with Crippen molar-refractivity contribution in [3.63, 3.8) is 0 Å². The van der Waals surface area contributed by atoms with Gasteiger partial charge >= 0.3 is 0 Å². The van der Waals surface area contributed by atoms with Gasteiger partial charge in [-0.15, -0.1) is 22.7 Å². The summed E-state index contributed by atoms with van der Waals surface area (Å²) in [6.45, 7) is 2.00. The Bertz CT molecular complexity index is 1590. The molecule has 0 radical (unpaired) electrons. The second-order valence-electron chi connectivity index (χ2n) is 7.82. The first-order valence-corrected chi connectivity index (χ1v) is 15.0. The molecule has 7 nitrogen and oxygen atoms in total. The molecule has 0 bridgehead atoms. The predicted octanol–water partition coefficient (Wildman–Crippen LogP) is 6.26. The van der Waals surface area contributed by atoms with E-state index in [-0.39, 0.29) is 21.7 Å². The summed E-state index contributed by atoms with van der Waals surface area (Å²) in [6, 6.07) is 21.7. The molecule has 3 aromatic carbocycles. The van der Waals surface area contributed by atoms with Crippen LogP contribution in [-0.2, 0) is 14.8 Å². The van der Waals surface area contributed by atoms with Crippen LogP contribution in [0, 0.1) is 6.92 Å². The minimum absolute atomic E-state index is 0.0800. The third kappa shape index (κ3) is 5.76. The van der Waals surface area contributed by atoms with E-state index in [1.54, 1.807) is 23.5 Å². The highest BCUT2D eigenvalue weighted by Crippen LogP contribution is 2.30. The van der Waals surface area contributed by atoms with Crippen molar-refractivity contribution in [3.05, 3.63) is 83.7 Å². The minimum atomic E-state index is -3.82. The lowest BCUT2D eigenvalue weighted by Gasteiger charge is -2.08. The van der Waals surface area contributed by atoms with Crippen LogP contribution in [0.2, 0.25) is 0 Å². The zero-order chi connectivity index (χ0) is 25.1. The standard InChI is InChI=1S/C25H20N4O3S4/c1-16-6-8-17(9-7-16)21-14-33-24(27-21)29-36(31,32)19-12-10-18(11-13-19)26-23(30)15-34-25-28-20-4-2-3-5-22(20)35-25/h2-14H,15H2,1H3,(H,26,30)(H,27,29). The number of hydrogen-bond acceptors (Lipinski definition) is 8. The molecule has 0 saturated heterocycles. The van der Waals surface area contributed by atoms with Gasteiger partial charge in [-0.1, -0.05) is 53.7 Å². The molecule has 0 spiro atoms. The Kier molecular flexibility index (Phi) is 7.06. The maximum Gasteiger partial charge on any atom is 0.263 e. The number of benzene rings is 3. The van der Waals surface area contributed by atoms with Crippen molar-refractivity contribution in [3.8, 4) is 11.3 Å². The SMILES string of the molecule is Cc1ccc(-c2csc(NS(=O)(=O)c3ccc(NC(=O)CSc4nc5ccccc5s4)cc3)n2)cc1. The Morgan fingerprint density at radius 2 is 1.72 bits per heavy atom. The molecular weight excluding hydrogens is 533 g/mol. The number of anilines is 2. The average molecular weight is 553 g/mol. The summed E-state index contributed by atoms with van der Waals surface area (Å²) in [5, 5.41) is 4.89. The fourth-order valence-corrected chi connectivity index (χ4v) is 7.15. The molecule has 0 saturated carbocycles. The van der Waals surface area contributed by atoms with Gasteiger partial charge in [-0.2, -0.15) is 0 Å². The molecule has 36 heavy (non-hydrogen) atoms. The Hall–Kier alpha value is -3.25. The molecule has 182 valence electrons. The molecule has 0 aliphatic rings. The molecular formula is C25H20N4O3S4. The summed E-state index contributed by atoms with van der Waals surface area (Å²) < 4.78 is 30.1. The fraction of sp³-hybridized carbons (Fsp3) is 0.0800. The van der Waals surface area contributed by atoms with E-state index in [0.717, 1.165) is 25.7 Å². The van der Waals surface area contributed by atoms with Gasteiger partial charge in [0.05, 0.1) is 26.6 Å². The molecule has 2 N–H and O–H groups in total. The van der Waals surface area contributed by atoms with Crippen molar-refractivity contribution in [1.82, 2.24) is 9.97 Å². The predicted molar refractivity (Wildman–Crippen MR) is 149 cm³/mol. The second kappa shape index (κ2) is 10.4. The van der Waals surface area contributed by atoms with E-state index in [2.05, 4.69) is 20.0 Å². The average Bonchev–Trinajstić information content (AvgIpc) is 3.50. The van der Waals surface area contributed by atoms with Crippen LogP contribution in [-0.4, -0.2) is 30.0 Å². The molecule has 0 atom stereocenters. The first-order chi connectivity index (χ1) is 17.4. The number of para-hydroxylation sites is 1. The maximum atomic E-state index is 12.8. The number of aromatic nitrogens is 2. The van der Waals surface area contributed by atoms with Crippen LogP contribution < -0.4 is 10.0 Å². The summed E-state index contributed by atoms with van der Waals surface area (Å²) in [7, 11) is -3.82. The van der Waals surface area contributed by atoms with E-state index >= 15 is 0 Å². The van der Waals surface area contributed by atoms with Crippen molar-refractivity contribution in [1.29, 1.82) is 0 Å². The number of nitrogens with zero attached hydrogens (tertiary/aromatic N) is 2. The van der Waals surface area contributed by atoms with Crippen LogP contribution in [0.25, 0.3) is 21.5 Å². The van der Waals surface area contributed by atoms with Crippen LogP contribution in [0.15, 0.2) is 87.4 Å². The van der Waals surface area contributed by atoms with E-state index in [4.69, 9.17) is 0 Å². The van der Waals surface area contributed by atoms with Gasteiger partial charge in [0, 0.05) is 16.6 Å². The summed E-state index contributed by atoms with van der Waals surface area (Å²) in [5.41, 5.74) is 4.20. The zero-order valence-electron chi connectivity index (χ0n) is 19.0. The quantitative estimate of drug-likeness (QED) is 0.220. The van der Waals surface area contributed by atoms with E-state index in [1.807, 2.05) is 60.8 Å². The van der Waals surface area contributed by atoms with Gasteiger partial charge < -0.3 is 5.32 Å². The number of hydrogen-bond donors (Lipinski definition) is 2. The number of sulfonamides is 1. The molecule has 0 aliphatic heterocycles. The van der Waals surface area contributed by atoms with Gasteiger partial charge in [0.1, 0.15) is 0 Å². The second-order valence-corrected chi connectivity index (χ2v) is 12.6. The van der Waals surface area contributed by atoms with Gasteiger partial charge in [-0.25, -0.2) is 18.4 Å². The first-order valence-electron chi connectivity index (χ1n) is 10.8. The van der Waals surface area contributed by atoms with Crippen LogP contribution >= 0.6 is 34.4 Å². The Balaban J connectivity index is 1.18. The molecule has 5 rings (SSSR count). The summed E-state index contributed by atoms with van der Waals surface area (Å²) in [4.78, 5) is 21.4. The highest BCUT2D eigenvalue weighted by molar-refractivity contribution is 8.01. The lowest BCUT2D eigenvalue weighted by atomic mass is 10.1. The zero-order valence-corrected chi connectivity index (χ0v) is 22.2. The van der Waals surface area contributed by atoms with Gasteiger partial charge in [0.25, 0.3) is 10.0 Å². The number of amides is 1. The van der Waals surface area contributed by atoms with Crippen molar-refractivity contribution in [2.75, 3.05) is 15.8 Å². The lowest BCUT2D eigenvalue weighted by Crippen LogP contribution is -2.15. The van der Waals surface area contributed by atoms with Crippen LogP contribution in [0.3, 0.4) is 0 Å². The van der Waals surface area contributed by atoms with Crippen LogP contribution in [0.4, 0.5) is 10.8 Å². The number of carbonyl (C=O) groups excluding carboxylic acids is 1. The summed E-state index contributed by atoms with van der Waals surface area (Å²) in [5.74, 6) is 0.00817. The Morgan fingerprint density at radius 3 is 2.47 bits per heavy atom. The number of carbonyl (C=O) groups is 1.